The topological polar surface area (TPSA) is 90.9 Å². The van der Waals surface area contributed by atoms with E-state index in [1.165, 1.54) is 16.2 Å². The highest BCUT2D eigenvalue weighted by Gasteiger charge is 2.45. The molecule has 0 saturated carbocycles. The Kier molecular flexibility index (Phi) is 5.50. The van der Waals surface area contributed by atoms with Gasteiger partial charge in [0, 0.05) is 13.6 Å². The lowest BCUT2D eigenvalue weighted by Gasteiger charge is -2.19. The molecule has 3 rings (SSSR count). The molecule has 0 aliphatic carbocycles. The molecule has 0 bridgehead atoms. The zero-order chi connectivity index (χ0) is 19.6. The van der Waals surface area contributed by atoms with Crippen molar-refractivity contribution in [2.75, 3.05) is 20.1 Å². The molecule has 1 saturated heterocycles. The Morgan fingerprint density at radius 2 is 1.85 bits per heavy atom. The summed E-state index contributed by atoms with van der Waals surface area (Å²) < 4.78 is 1.02. The first-order valence-corrected chi connectivity index (χ1v) is 9.49. The molecule has 2 heterocycles. The summed E-state index contributed by atoms with van der Waals surface area (Å²) in [7, 11) is 1.58. The predicted molar refractivity (Wildman–Crippen MR) is 99.8 cm³/mol. The molecule has 9 heteroatoms. The highest BCUT2D eigenvalue weighted by atomic mass is 32.1. The van der Waals surface area contributed by atoms with Gasteiger partial charge in [-0.3, -0.25) is 19.3 Å². The number of urea groups is 1. The molecule has 1 aliphatic rings. The van der Waals surface area contributed by atoms with Crippen molar-refractivity contribution in [3.8, 4) is 0 Å². The van der Waals surface area contributed by atoms with Crippen LogP contribution in [-0.4, -0.2) is 63.6 Å². The quantitative estimate of drug-likeness (QED) is 0.533. The molecule has 1 fully saturated rings. The summed E-state index contributed by atoms with van der Waals surface area (Å²) in [5, 5.41) is 0.756. The number of thiazole rings is 1. The molecule has 2 aromatic rings. The van der Waals surface area contributed by atoms with E-state index in [2.05, 4.69) is 4.98 Å². The standard InChI is InChI=1S/C18H20N4O4S/c1-3-4-9-21-16(24)17(25)22(18(21)26)11-15(23)20(2)10-14-19-12-7-5-6-8-13(12)27-14/h5-8H,3-4,9-11H2,1-2H3. The molecule has 0 radical (unpaired) electrons. The summed E-state index contributed by atoms with van der Waals surface area (Å²) in [5.74, 6) is -2.24. The van der Waals surface area contributed by atoms with E-state index in [9.17, 15) is 19.2 Å². The molecule has 27 heavy (non-hydrogen) atoms. The summed E-state index contributed by atoms with van der Waals surface area (Å²) >= 11 is 1.48. The van der Waals surface area contributed by atoms with Crippen LogP contribution in [0.1, 0.15) is 24.8 Å². The van der Waals surface area contributed by atoms with E-state index in [-0.39, 0.29) is 13.1 Å². The number of carbonyl (C=O) groups excluding carboxylic acids is 4. The Morgan fingerprint density at radius 1 is 1.15 bits per heavy atom. The monoisotopic (exact) mass is 388 g/mol. The number of hydrogen-bond donors (Lipinski definition) is 0. The predicted octanol–water partition coefficient (Wildman–Crippen LogP) is 1.85. The Hall–Kier alpha value is -2.81. The van der Waals surface area contributed by atoms with Crippen molar-refractivity contribution < 1.29 is 19.2 Å². The van der Waals surface area contributed by atoms with Gasteiger partial charge in [0.25, 0.3) is 0 Å². The largest absolute Gasteiger partial charge is 0.337 e. The maximum Gasteiger partial charge on any atom is 0.334 e. The van der Waals surface area contributed by atoms with Crippen LogP contribution in [0.5, 0.6) is 0 Å². The minimum atomic E-state index is -0.946. The van der Waals surface area contributed by atoms with Gasteiger partial charge >= 0.3 is 17.8 Å². The van der Waals surface area contributed by atoms with Crippen molar-refractivity contribution in [1.82, 2.24) is 19.7 Å². The minimum absolute atomic E-state index is 0.187. The van der Waals surface area contributed by atoms with E-state index in [1.54, 1.807) is 7.05 Å². The average Bonchev–Trinajstić information content (AvgIpc) is 3.14. The van der Waals surface area contributed by atoms with Crippen LogP contribution in [0, 0.1) is 0 Å². The van der Waals surface area contributed by atoms with Crippen LogP contribution in [0.2, 0.25) is 0 Å². The van der Waals surface area contributed by atoms with E-state index in [1.807, 2.05) is 31.2 Å². The number of likely N-dealkylation sites (N-methyl/N-ethyl adjacent to an activating group) is 1. The summed E-state index contributed by atoms with van der Waals surface area (Å²) in [5.41, 5.74) is 0.861. The van der Waals surface area contributed by atoms with Crippen LogP contribution in [0.25, 0.3) is 10.2 Å². The van der Waals surface area contributed by atoms with Crippen molar-refractivity contribution >= 4 is 45.3 Å². The van der Waals surface area contributed by atoms with E-state index < -0.39 is 30.3 Å². The van der Waals surface area contributed by atoms with Gasteiger partial charge in [-0.15, -0.1) is 11.3 Å². The number of hydrogen-bond acceptors (Lipinski definition) is 6. The summed E-state index contributed by atoms with van der Waals surface area (Å²) in [4.78, 5) is 56.3. The van der Waals surface area contributed by atoms with Gasteiger partial charge in [-0.25, -0.2) is 14.7 Å². The Labute approximate surface area is 160 Å². The molecule has 1 aromatic carbocycles. The van der Waals surface area contributed by atoms with Crippen molar-refractivity contribution in [1.29, 1.82) is 0 Å². The number of carbonyl (C=O) groups is 4. The molecule has 0 N–H and O–H groups in total. The smallest absolute Gasteiger partial charge is 0.334 e. The number of amides is 5. The van der Waals surface area contributed by atoms with E-state index in [0.29, 0.717) is 6.42 Å². The molecule has 0 spiro atoms. The first kappa shape index (κ1) is 19.0. The molecular formula is C18H20N4O4S. The van der Waals surface area contributed by atoms with Gasteiger partial charge in [-0.1, -0.05) is 25.5 Å². The lowest BCUT2D eigenvalue weighted by molar-refractivity contribution is -0.144. The molecule has 1 aromatic heterocycles. The zero-order valence-corrected chi connectivity index (χ0v) is 16.0. The van der Waals surface area contributed by atoms with E-state index in [0.717, 1.165) is 31.4 Å². The molecule has 1 aliphatic heterocycles. The lowest BCUT2D eigenvalue weighted by atomic mass is 10.3. The molecule has 142 valence electrons. The first-order chi connectivity index (χ1) is 12.9. The van der Waals surface area contributed by atoms with Gasteiger partial charge in [0.15, 0.2) is 0 Å². The van der Waals surface area contributed by atoms with E-state index >= 15 is 0 Å². The molecule has 0 atom stereocenters. The van der Waals surface area contributed by atoms with Gasteiger partial charge < -0.3 is 4.90 Å². The van der Waals surface area contributed by atoms with Gasteiger partial charge in [0.2, 0.25) is 5.91 Å². The second kappa shape index (κ2) is 7.83. The number of rotatable bonds is 7. The normalized spacial score (nSPS) is 14.5. The van der Waals surface area contributed by atoms with E-state index in [4.69, 9.17) is 0 Å². The minimum Gasteiger partial charge on any atom is -0.337 e. The van der Waals surface area contributed by atoms with Gasteiger partial charge in [-0.05, 0) is 18.6 Å². The van der Waals surface area contributed by atoms with Crippen LogP contribution in [-0.2, 0) is 20.9 Å². The van der Waals surface area contributed by atoms with Gasteiger partial charge in [0.1, 0.15) is 11.6 Å². The van der Waals surface area contributed by atoms with Gasteiger partial charge in [-0.2, -0.15) is 0 Å². The Bertz CT molecular complexity index is 877. The second-order valence-corrected chi connectivity index (χ2v) is 7.42. The number of unbranched alkanes of at least 4 members (excludes halogenated alkanes) is 1. The van der Waals surface area contributed by atoms with Crippen LogP contribution in [0.15, 0.2) is 24.3 Å². The van der Waals surface area contributed by atoms with Crippen molar-refractivity contribution in [2.24, 2.45) is 0 Å². The Balaban J connectivity index is 1.64. The number of nitrogens with zero attached hydrogens (tertiary/aromatic N) is 4. The molecule has 0 unspecified atom stereocenters. The van der Waals surface area contributed by atoms with Crippen molar-refractivity contribution in [2.45, 2.75) is 26.3 Å². The third-order valence-corrected chi connectivity index (χ3v) is 5.32. The lowest BCUT2D eigenvalue weighted by Crippen LogP contribution is -2.42. The van der Waals surface area contributed by atoms with Crippen LogP contribution < -0.4 is 0 Å². The van der Waals surface area contributed by atoms with Crippen molar-refractivity contribution in [3.05, 3.63) is 29.3 Å². The average molecular weight is 388 g/mol. The summed E-state index contributed by atoms with van der Waals surface area (Å²) in [6.07, 6.45) is 1.40. The summed E-state index contributed by atoms with van der Waals surface area (Å²) in [6.45, 7) is 1.92. The van der Waals surface area contributed by atoms with Gasteiger partial charge in [0.05, 0.1) is 16.8 Å². The third-order valence-electron chi connectivity index (χ3n) is 4.30. The highest BCUT2D eigenvalue weighted by Crippen LogP contribution is 2.22. The van der Waals surface area contributed by atoms with Crippen LogP contribution in [0.3, 0.4) is 0 Å². The highest BCUT2D eigenvalue weighted by molar-refractivity contribution is 7.18. The van der Waals surface area contributed by atoms with Crippen LogP contribution >= 0.6 is 11.3 Å². The Morgan fingerprint density at radius 3 is 2.56 bits per heavy atom. The summed E-state index contributed by atoms with van der Waals surface area (Å²) in [6, 6.07) is 6.95. The number of imide groups is 2. The SMILES string of the molecule is CCCCN1C(=O)C(=O)N(CC(=O)N(C)Cc2nc3ccccc3s2)C1=O. The molecule has 8 nitrogen and oxygen atoms in total. The fraction of sp³-hybridized carbons (Fsp3) is 0.389. The first-order valence-electron chi connectivity index (χ1n) is 8.68. The number of para-hydroxylation sites is 1. The number of benzene rings is 1. The number of aromatic nitrogens is 1. The number of fused-ring (bicyclic) bond motifs is 1. The van der Waals surface area contributed by atoms with Crippen molar-refractivity contribution in [3.63, 3.8) is 0 Å². The zero-order valence-electron chi connectivity index (χ0n) is 15.2. The fourth-order valence-corrected chi connectivity index (χ4v) is 3.76. The second-order valence-electron chi connectivity index (χ2n) is 6.31. The maximum absolute atomic E-state index is 12.5. The maximum atomic E-state index is 12.5. The fourth-order valence-electron chi connectivity index (χ4n) is 2.74. The molecular weight excluding hydrogens is 368 g/mol. The molecule has 5 amide bonds. The third kappa shape index (κ3) is 3.82. The van der Waals surface area contributed by atoms with Crippen LogP contribution in [0.4, 0.5) is 4.79 Å².